The van der Waals surface area contributed by atoms with Gasteiger partial charge in [-0.3, -0.25) is 9.78 Å². The number of benzene rings is 2. The molecule has 2 aromatic carbocycles. The van der Waals surface area contributed by atoms with Crippen molar-refractivity contribution in [1.29, 1.82) is 0 Å². The Labute approximate surface area is 187 Å². The first-order valence-electron chi connectivity index (χ1n) is 9.11. The lowest BCUT2D eigenvalue weighted by molar-refractivity contribution is 0.102. The molecule has 9 heteroatoms. The number of carbonyl (C=O) groups is 1. The van der Waals surface area contributed by atoms with Crippen molar-refractivity contribution in [3.05, 3.63) is 101 Å². The molecule has 0 aliphatic rings. The number of hydrogen-bond donors (Lipinski definition) is 1. The SMILES string of the molecule is O=C(Nc1cc(Cl)c(-n2ccnc2)c(Cl)c1)c1ccc(F)c(OCc2cccnc2)c1. The second-order valence-electron chi connectivity index (χ2n) is 6.51. The Hall–Kier alpha value is -3.42. The molecule has 0 aliphatic heterocycles. The van der Waals surface area contributed by atoms with E-state index in [4.69, 9.17) is 27.9 Å². The highest BCUT2D eigenvalue weighted by Crippen LogP contribution is 2.32. The first-order chi connectivity index (χ1) is 15.0. The second kappa shape index (κ2) is 9.16. The van der Waals surface area contributed by atoms with Gasteiger partial charge in [0.05, 0.1) is 22.1 Å². The molecule has 31 heavy (non-hydrogen) atoms. The number of nitrogens with zero attached hydrogens (tertiary/aromatic N) is 3. The van der Waals surface area contributed by atoms with Gasteiger partial charge >= 0.3 is 0 Å². The van der Waals surface area contributed by atoms with E-state index in [1.54, 1.807) is 53.9 Å². The van der Waals surface area contributed by atoms with Gasteiger partial charge in [-0.25, -0.2) is 9.37 Å². The lowest BCUT2D eigenvalue weighted by Gasteiger charge is -2.12. The molecule has 0 radical (unpaired) electrons. The van der Waals surface area contributed by atoms with Crippen LogP contribution >= 0.6 is 23.2 Å². The molecular formula is C22H15Cl2FN4O2. The molecule has 1 N–H and O–H groups in total. The Bertz CT molecular complexity index is 1190. The zero-order chi connectivity index (χ0) is 21.8. The van der Waals surface area contributed by atoms with Crippen LogP contribution in [0.1, 0.15) is 15.9 Å². The van der Waals surface area contributed by atoms with Crippen LogP contribution in [0.3, 0.4) is 0 Å². The van der Waals surface area contributed by atoms with E-state index in [-0.39, 0.29) is 17.9 Å². The maximum atomic E-state index is 14.1. The van der Waals surface area contributed by atoms with Crippen molar-refractivity contribution in [1.82, 2.24) is 14.5 Å². The Balaban J connectivity index is 1.51. The van der Waals surface area contributed by atoms with E-state index >= 15 is 0 Å². The molecule has 156 valence electrons. The van der Waals surface area contributed by atoms with E-state index < -0.39 is 11.7 Å². The zero-order valence-corrected chi connectivity index (χ0v) is 17.4. The quantitative estimate of drug-likeness (QED) is 0.413. The van der Waals surface area contributed by atoms with Gasteiger partial charge in [-0.1, -0.05) is 29.3 Å². The average molecular weight is 457 g/mol. The fraction of sp³-hybridized carbons (Fsp3) is 0.0455. The van der Waals surface area contributed by atoms with Gasteiger partial charge < -0.3 is 14.6 Å². The van der Waals surface area contributed by atoms with E-state index in [2.05, 4.69) is 15.3 Å². The van der Waals surface area contributed by atoms with Crippen LogP contribution < -0.4 is 10.1 Å². The van der Waals surface area contributed by atoms with Crippen molar-refractivity contribution in [2.75, 3.05) is 5.32 Å². The summed E-state index contributed by atoms with van der Waals surface area (Å²) in [5, 5.41) is 3.38. The Morgan fingerprint density at radius 3 is 2.58 bits per heavy atom. The molecule has 1 amide bonds. The number of hydrogen-bond acceptors (Lipinski definition) is 4. The smallest absolute Gasteiger partial charge is 0.255 e. The van der Waals surface area contributed by atoms with Crippen LogP contribution in [0, 0.1) is 5.82 Å². The van der Waals surface area contributed by atoms with Gasteiger partial charge in [0.2, 0.25) is 0 Å². The Morgan fingerprint density at radius 2 is 1.90 bits per heavy atom. The largest absolute Gasteiger partial charge is 0.486 e. The topological polar surface area (TPSA) is 69.0 Å². The molecule has 6 nitrogen and oxygen atoms in total. The van der Waals surface area contributed by atoms with Gasteiger partial charge in [-0.05, 0) is 36.4 Å². The molecule has 0 saturated heterocycles. The predicted molar refractivity (Wildman–Crippen MR) is 117 cm³/mol. The monoisotopic (exact) mass is 456 g/mol. The summed E-state index contributed by atoms with van der Waals surface area (Å²) in [4.78, 5) is 20.6. The standard InChI is InChI=1S/C22H15Cl2FN4O2/c23-17-9-16(10-18(24)21(17)29-7-6-27-13-29)28-22(30)15-3-4-19(25)20(8-15)31-12-14-2-1-5-26-11-14/h1-11,13H,12H2,(H,28,30). The van der Waals surface area contributed by atoms with Crippen molar-refractivity contribution in [2.45, 2.75) is 6.61 Å². The molecule has 0 spiro atoms. The maximum absolute atomic E-state index is 14.1. The summed E-state index contributed by atoms with van der Waals surface area (Å²) in [6.07, 6.45) is 8.13. The Kier molecular flexibility index (Phi) is 6.16. The lowest BCUT2D eigenvalue weighted by atomic mass is 10.2. The molecule has 0 saturated carbocycles. The number of amides is 1. The molecule has 0 fully saturated rings. The molecular weight excluding hydrogens is 442 g/mol. The lowest BCUT2D eigenvalue weighted by Crippen LogP contribution is -2.13. The van der Waals surface area contributed by atoms with Crippen LogP contribution in [0.2, 0.25) is 10.0 Å². The molecule has 4 aromatic rings. The fourth-order valence-electron chi connectivity index (χ4n) is 2.88. The van der Waals surface area contributed by atoms with Crippen molar-refractivity contribution >= 4 is 34.8 Å². The molecule has 2 aromatic heterocycles. The van der Waals surface area contributed by atoms with Crippen LogP contribution in [-0.4, -0.2) is 20.4 Å². The van der Waals surface area contributed by atoms with E-state index in [1.807, 2.05) is 6.07 Å². The highest BCUT2D eigenvalue weighted by molar-refractivity contribution is 6.38. The minimum absolute atomic E-state index is 0.0389. The van der Waals surface area contributed by atoms with E-state index in [1.165, 1.54) is 18.2 Å². The van der Waals surface area contributed by atoms with Gasteiger partial charge in [0, 0.05) is 41.6 Å². The number of ether oxygens (including phenoxy) is 1. The summed E-state index contributed by atoms with van der Waals surface area (Å²) in [6, 6.07) is 10.6. The highest BCUT2D eigenvalue weighted by atomic mass is 35.5. The van der Waals surface area contributed by atoms with Crippen LogP contribution in [0.5, 0.6) is 5.75 Å². The minimum Gasteiger partial charge on any atom is -0.486 e. The summed E-state index contributed by atoms with van der Waals surface area (Å²) >= 11 is 12.7. The zero-order valence-electron chi connectivity index (χ0n) is 15.9. The second-order valence-corrected chi connectivity index (χ2v) is 7.32. The number of pyridine rings is 1. The molecule has 0 aliphatic carbocycles. The molecule has 0 unspecified atom stereocenters. The third kappa shape index (κ3) is 4.84. The van der Waals surface area contributed by atoms with Gasteiger partial charge in [-0.15, -0.1) is 0 Å². The van der Waals surface area contributed by atoms with Crippen LogP contribution in [0.4, 0.5) is 10.1 Å². The first-order valence-corrected chi connectivity index (χ1v) is 9.87. The number of rotatable bonds is 6. The number of anilines is 1. The van der Waals surface area contributed by atoms with Crippen LogP contribution in [0.15, 0.2) is 73.6 Å². The highest BCUT2D eigenvalue weighted by Gasteiger charge is 2.15. The molecule has 0 bridgehead atoms. The number of imidazole rings is 1. The van der Waals surface area contributed by atoms with Gasteiger partial charge in [0.15, 0.2) is 11.6 Å². The molecule has 0 atom stereocenters. The molecule has 2 heterocycles. The third-order valence-electron chi connectivity index (χ3n) is 4.35. The van der Waals surface area contributed by atoms with Gasteiger partial charge in [-0.2, -0.15) is 0 Å². The van der Waals surface area contributed by atoms with E-state index in [0.717, 1.165) is 5.56 Å². The number of carbonyl (C=O) groups excluding carboxylic acids is 1. The van der Waals surface area contributed by atoms with Crippen LogP contribution in [0.25, 0.3) is 5.69 Å². The normalized spacial score (nSPS) is 10.7. The molecule has 4 rings (SSSR count). The summed E-state index contributed by atoms with van der Waals surface area (Å²) < 4.78 is 21.3. The van der Waals surface area contributed by atoms with Crippen molar-refractivity contribution < 1.29 is 13.9 Å². The number of aromatic nitrogens is 3. The first kappa shape index (κ1) is 20.8. The number of halogens is 3. The minimum atomic E-state index is -0.573. The van der Waals surface area contributed by atoms with Gasteiger partial charge in [0.1, 0.15) is 6.61 Å². The number of nitrogens with one attached hydrogen (secondary N) is 1. The van der Waals surface area contributed by atoms with Crippen molar-refractivity contribution in [3.63, 3.8) is 0 Å². The van der Waals surface area contributed by atoms with Crippen molar-refractivity contribution in [3.8, 4) is 11.4 Å². The maximum Gasteiger partial charge on any atom is 0.255 e. The fourth-order valence-corrected chi connectivity index (χ4v) is 3.56. The van der Waals surface area contributed by atoms with E-state index in [9.17, 15) is 9.18 Å². The van der Waals surface area contributed by atoms with Gasteiger partial charge in [0.25, 0.3) is 5.91 Å². The summed E-state index contributed by atoms with van der Waals surface area (Å²) in [5.41, 5.74) is 1.94. The summed E-state index contributed by atoms with van der Waals surface area (Å²) in [7, 11) is 0. The Morgan fingerprint density at radius 1 is 1.10 bits per heavy atom. The van der Waals surface area contributed by atoms with E-state index in [0.29, 0.717) is 21.4 Å². The third-order valence-corrected chi connectivity index (χ3v) is 4.92. The van der Waals surface area contributed by atoms with Crippen molar-refractivity contribution in [2.24, 2.45) is 0 Å². The summed E-state index contributed by atoms with van der Waals surface area (Å²) in [6.45, 7) is 0.122. The predicted octanol–water partition coefficient (Wildman–Crippen LogP) is 5.54. The summed E-state index contributed by atoms with van der Waals surface area (Å²) in [5.74, 6) is -1.08. The van der Waals surface area contributed by atoms with Crippen LogP contribution in [-0.2, 0) is 6.61 Å². The average Bonchev–Trinajstić information content (AvgIpc) is 3.27.